The van der Waals surface area contributed by atoms with Crippen molar-refractivity contribution in [2.24, 2.45) is 11.3 Å². The van der Waals surface area contributed by atoms with Crippen LogP contribution in [0.2, 0.25) is 0 Å². The van der Waals surface area contributed by atoms with Gasteiger partial charge in [-0.15, -0.1) is 0 Å². The first kappa shape index (κ1) is 12.3. The summed E-state index contributed by atoms with van der Waals surface area (Å²) in [7, 11) is 0. The fraction of sp³-hybridized carbons (Fsp3) is 0.900. The molecule has 0 aromatic carbocycles. The van der Waals surface area contributed by atoms with Crippen LogP contribution in [0.4, 0.5) is 13.2 Å². The number of hydrogen-bond donors (Lipinski definition) is 1. The van der Waals surface area contributed by atoms with Gasteiger partial charge in [-0.2, -0.15) is 13.2 Å². The molecule has 0 aliphatic heterocycles. The second-order valence-electron chi connectivity index (χ2n) is 4.78. The van der Waals surface area contributed by atoms with Gasteiger partial charge in [-0.25, -0.2) is 0 Å². The van der Waals surface area contributed by atoms with Crippen LogP contribution in [-0.4, -0.2) is 18.6 Å². The quantitative estimate of drug-likeness (QED) is 0.779. The Labute approximate surface area is 87.2 Å². The van der Waals surface area contributed by atoms with E-state index in [4.69, 9.17) is 0 Å². The summed E-state index contributed by atoms with van der Waals surface area (Å²) < 4.78 is 35.7. The Balaban J connectivity index is 2.34. The SMILES string of the molecule is CC(C)CC1(CNC(=O)C(F)(F)F)CC1. The highest BCUT2D eigenvalue weighted by Crippen LogP contribution is 2.50. The Bertz CT molecular complexity index is 244. The van der Waals surface area contributed by atoms with Gasteiger partial charge in [-0.3, -0.25) is 4.79 Å². The van der Waals surface area contributed by atoms with E-state index >= 15 is 0 Å². The average molecular weight is 223 g/mol. The number of rotatable bonds is 4. The molecule has 2 nitrogen and oxygen atoms in total. The smallest absolute Gasteiger partial charge is 0.348 e. The summed E-state index contributed by atoms with van der Waals surface area (Å²) in [6.07, 6.45) is -2.04. The van der Waals surface area contributed by atoms with Gasteiger partial charge in [0.15, 0.2) is 0 Å². The van der Waals surface area contributed by atoms with Gasteiger partial charge in [0, 0.05) is 6.54 Å². The summed E-state index contributed by atoms with van der Waals surface area (Å²) in [5, 5.41) is 1.97. The Kier molecular flexibility index (Phi) is 3.31. The van der Waals surface area contributed by atoms with E-state index in [0.717, 1.165) is 19.3 Å². The minimum absolute atomic E-state index is 0.0604. The summed E-state index contributed by atoms with van der Waals surface area (Å²) in [6.45, 7) is 4.22. The van der Waals surface area contributed by atoms with Crippen molar-refractivity contribution in [2.75, 3.05) is 6.54 Å². The zero-order valence-corrected chi connectivity index (χ0v) is 8.95. The van der Waals surface area contributed by atoms with E-state index < -0.39 is 12.1 Å². The van der Waals surface area contributed by atoms with Crippen LogP contribution in [0.1, 0.15) is 33.1 Å². The maximum Gasteiger partial charge on any atom is 0.471 e. The summed E-state index contributed by atoms with van der Waals surface area (Å²) in [4.78, 5) is 10.6. The van der Waals surface area contributed by atoms with Crippen molar-refractivity contribution in [3.63, 3.8) is 0 Å². The monoisotopic (exact) mass is 223 g/mol. The first-order valence-corrected chi connectivity index (χ1v) is 5.10. The lowest BCUT2D eigenvalue weighted by Gasteiger charge is -2.18. The number of amides is 1. The van der Waals surface area contributed by atoms with Crippen LogP contribution < -0.4 is 5.32 Å². The minimum Gasteiger partial charge on any atom is -0.348 e. The first-order valence-electron chi connectivity index (χ1n) is 5.10. The Hall–Kier alpha value is -0.740. The molecule has 0 atom stereocenters. The van der Waals surface area contributed by atoms with Crippen molar-refractivity contribution in [3.05, 3.63) is 0 Å². The van der Waals surface area contributed by atoms with Gasteiger partial charge in [-0.05, 0) is 30.6 Å². The van der Waals surface area contributed by atoms with E-state index in [1.807, 2.05) is 19.2 Å². The molecule has 1 N–H and O–H groups in total. The molecule has 5 heteroatoms. The standard InChI is InChI=1S/C10H16F3NO/c1-7(2)5-9(3-4-9)6-14-8(15)10(11,12)13/h7H,3-6H2,1-2H3,(H,14,15). The molecule has 1 aliphatic carbocycles. The van der Waals surface area contributed by atoms with Gasteiger partial charge in [0.2, 0.25) is 0 Å². The fourth-order valence-electron chi connectivity index (χ4n) is 1.86. The molecule has 1 rings (SSSR count). The van der Waals surface area contributed by atoms with Crippen molar-refractivity contribution < 1.29 is 18.0 Å². The molecular formula is C10H16F3NO. The Morgan fingerprint density at radius 1 is 1.40 bits per heavy atom. The summed E-state index contributed by atoms with van der Waals surface area (Å²) in [6, 6.07) is 0. The highest BCUT2D eigenvalue weighted by Gasteiger charge is 2.45. The molecule has 0 radical (unpaired) electrons. The molecule has 1 amide bonds. The summed E-state index contributed by atoms with van der Waals surface area (Å²) in [5.74, 6) is -1.37. The lowest BCUT2D eigenvalue weighted by molar-refractivity contribution is -0.173. The summed E-state index contributed by atoms with van der Waals surface area (Å²) in [5.41, 5.74) is -0.0604. The Morgan fingerprint density at radius 3 is 2.27 bits per heavy atom. The van der Waals surface area contributed by atoms with Gasteiger partial charge < -0.3 is 5.32 Å². The van der Waals surface area contributed by atoms with Crippen molar-refractivity contribution in [3.8, 4) is 0 Å². The van der Waals surface area contributed by atoms with Crippen LogP contribution in [-0.2, 0) is 4.79 Å². The molecule has 1 fully saturated rings. The first-order chi connectivity index (χ1) is 6.75. The van der Waals surface area contributed by atoms with Crippen LogP contribution in [0.15, 0.2) is 0 Å². The predicted octanol–water partition coefficient (Wildman–Crippen LogP) is 2.49. The van der Waals surface area contributed by atoms with Gasteiger partial charge in [-0.1, -0.05) is 13.8 Å². The maximum absolute atomic E-state index is 11.9. The van der Waals surface area contributed by atoms with Crippen molar-refractivity contribution in [1.82, 2.24) is 5.32 Å². The highest BCUT2D eigenvalue weighted by molar-refractivity contribution is 5.81. The van der Waals surface area contributed by atoms with E-state index in [-0.39, 0.29) is 12.0 Å². The third-order valence-electron chi connectivity index (χ3n) is 2.68. The molecule has 1 aliphatic rings. The van der Waals surface area contributed by atoms with E-state index in [0.29, 0.717) is 5.92 Å². The fourth-order valence-corrected chi connectivity index (χ4v) is 1.86. The minimum atomic E-state index is -4.76. The van der Waals surface area contributed by atoms with E-state index in [2.05, 4.69) is 0 Å². The lowest BCUT2D eigenvalue weighted by atomic mass is 9.94. The molecule has 0 unspecified atom stereocenters. The van der Waals surface area contributed by atoms with Gasteiger partial charge in [0.05, 0.1) is 0 Å². The number of carbonyl (C=O) groups is 1. The topological polar surface area (TPSA) is 29.1 Å². The number of hydrogen-bond acceptors (Lipinski definition) is 1. The third-order valence-corrected chi connectivity index (χ3v) is 2.68. The van der Waals surface area contributed by atoms with Crippen molar-refractivity contribution in [2.45, 2.75) is 39.3 Å². The Morgan fingerprint density at radius 2 is 1.93 bits per heavy atom. The second kappa shape index (κ2) is 4.02. The largest absolute Gasteiger partial charge is 0.471 e. The molecule has 0 spiro atoms. The van der Waals surface area contributed by atoms with Crippen molar-refractivity contribution in [1.29, 1.82) is 0 Å². The van der Waals surface area contributed by atoms with Gasteiger partial charge >= 0.3 is 12.1 Å². The molecule has 0 heterocycles. The van der Waals surface area contributed by atoms with E-state index in [9.17, 15) is 18.0 Å². The van der Waals surface area contributed by atoms with Crippen LogP contribution in [0, 0.1) is 11.3 Å². The van der Waals surface area contributed by atoms with Crippen molar-refractivity contribution >= 4 is 5.91 Å². The molecule has 0 aromatic heterocycles. The lowest BCUT2D eigenvalue weighted by Crippen LogP contribution is -2.40. The van der Waals surface area contributed by atoms with Gasteiger partial charge in [0.1, 0.15) is 0 Å². The number of alkyl halides is 3. The third kappa shape index (κ3) is 3.72. The van der Waals surface area contributed by atoms with E-state index in [1.165, 1.54) is 0 Å². The second-order valence-corrected chi connectivity index (χ2v) is 4.78. The highest BCUT2D eigenvalue weighted by atomic mass is 19.4. The molecule has 0 aromatic rings. The van der Waals surface area contributed by atoms with Gasteiger partial charge in [0.25, 0.3) is 0 Å². The zero-order chi connectivity index (χ0) is 11.7. The number of nitrogens with one attached hydrogen (secondary N) is 1. The van der Waals surface area contributed by atoms with Crippen LogP contribution >= 0.6 is 0 Å². The average Bonchev–Trinajstić information content (AvgIpc) is 2.78. The molecule has 0 saturated heterocycles. The summed E-state index contributed by atoms with van der Waals surface area (Å²) >= 11 is 0. The molecule has 88 valence electrons. The van der Waals surface area contributed by atoms with Crippen LogP contribution in [0.5, 0.6) is 0 Å². The predicted molar refractivity (Wildman–Crippen MR) is 50.2 cm³/mol. The van der Waals surface area contributed by atoms with Crippen LogP contribution in [0.25, 0.3) is 0 Å². The molecule has 1 saturated carbocycles. The normalized spacial score (nSPS) is 19.1. The van der Waals surface area contributed by atoms with E-state index in [1.54, 1.807) is 0 Å². The molecule has 0 bridgehead atoms. The number of halogens is 3. The molecule has 15 heavy (non-hydrogen) atoms. The molecular weight excluding hydrogens is 207 g/mol. The van der Waals surface area contributed by atoms with Crippen LogP contribution in [0.3, 0.4) is 0 Å². The number of carbonyl (C=O) groups excluding carboxylic acids is 1. The maximum atomic E-state index is 11.9. The zero-order valence-electron chi connectivity index (χ0n) is 8.95.